The van der Waals surface area contributed by atoms with E-state index in [0.29, 0.717) is 35.9 Å². The highest BCUT2D eigenvalue weighted by atomic mass is 16.5. The molecule has 1 N–H and O–H groups in total. The number of fused-ring (bicyclic) bond motifs is 5. The van der Waals surface area contributed by atoms with Crippen molar-refractivity contribution in [2.45, 2.75) is 77.9 Å². The Morgan fingerprint density at radius 2 is 1.97 bits per heavy atom. The number of ketones is 1. The topological polar surface area (TPSA) is 73.6 Å². The molecular formula is C33H42N2O4. The van der Waals surface area contributed by atoms with Crippen LogP contribution >= 0.6 is 0 Å². The summed E-state index contributed by atoms with van der Waals surface area (Å²) in [4.78, 5) is 17.9. The number of allylic oxidation sites excluding steroid dienone is 2. The first-order valence-electron chi connectivity index (χ1n) is 14.7. The number of aryl methyl sites for hydroxylation is 1. The molecule has 1 unspecified atom stereocenters. The fraction of sp³-hybridized carbons (Fsp3) is 0.576. The van der Waals surface area contributed by atoms with Crippen LogP contribution in [-0.2, 0) is 11.3 Å². The van der Waals surface area contributed by atoms with Crippen LogP contribution in [0, 0.1) is 28.6 Å². The zero-order valence-corrected chi connectivity index (χ0v) is 23.6. The molecule has 0 bridgehead atoms. The first kappa shape index (κ1) is 26.4. The predicted molar refractivity (Wildman–Crippen MR) is 151 cm³/mol. The Hall–Kier alpha value is -2.86. The number of Topliss-reactive ketones (excluding diaryl/α,β-unsaturated/α-hetero) is 1. The van der Waals surface area contributed by atoms with E-state index in [2.05, 4.69) is 31.0 Å². The standard InChI is InChI=1S/C33H42N2O4/c1-32-11-9-25(36)20-24(32)6-7-26-27(32)10-12-33(2)28(26)19-23(31(33)37)17-22-5-8-29(30(18-22)38-3)39-16-4-14-35-15-13-34-21-35/h5-6,8,13,15,17-18,21,25-28,36H,4,7,9-12,14,16,19-20H2,1-3H3/t25?,26-,27-,28+,32+,33+/m1/s1. The van der Waals surface area contributed by atoms with Crippen molar-refractivity contribution in [2.24, 2.45) is 28.6 Å². The lowest BCUT2D eigenvalue weighted by molar-refractivity contribution is -0.130. The van der Waals surface area contributed by atoms with Crippen LogP contribution < -0.4 is 9.47 Å². The van der Waals surface area contributed by atoms with Crippen LogP contribution in [0.15, 0.2) is 54.1 Å². The average Bonchev–Trinajstić information content (AvgIpc) is 3.54. The number of aliphatic hydroxyl groups is 1. The maximum absolute atomic E-state index is 13.9. The SMILES string of the molecule is COc1cc(C=C2C[C@H]3[C@@H]4CC=C5CC(O)CC[C@]5(C)[C@@H]4CC[C@]3(C)C2=O)ccc1OCCCn1ccnc1. The lowest BCUT2D eigenvalue weighted by atomic mass is 9.48. The monoisotopic (exact) mass is 530 g/mol. The Balaban J connectivity index is 1.18. The Morgan fingerprint density at radius 1 is 1.13 bits per heavy atom. The number of rotatable bonds is 7. The highest BCUT2D eigenvalue weighted by Crippen LogP contribution is 2.64. The third kappa shape index (κ3) is 4.65. The molecule has 3 saturated carbocycles. The second-order valence-electron chi connectivity index (χ2n) is 12.7. The molecule has 1 aromatic heterocycles. The quantitative estimate of drug-likeness (QED) is 0.260. The largest absolute Gasteiger partial charge is 0.493 e. The van der Waals surface area contributed by atoms with Gasteiger partial charge >= 0.3 is 0 Å². The molecule has 6 nitrogen and oxygen atoms in total. The van der Waals surface area contributed by atoms with Gasteiger partial charge in [-0.2, -0.15) is 0 Å². The second kappa shape index (κ2) is 10.3. The average molecular weight is 531 g/mol. The van der Waals surface area contributed by atoms with E-state index in [4.69, 9.17) is 9.47 Å². The van der Waals surface area contributed by atoms with Gasteiger partial charge < -0.3 is 19.1 Å². The number of carbonyl (C=O) groups excluding carboxylic acids is 1. The van der Waals surface area contributed by atoms with Gasteiger partial charge in [0.2, 0.25) is 0 Å². The van der Waals surface area contributed by atoms with Crippen LogP contribution in [0.5, 0.6) is 11.5 Å². The summed E-state index contributed by atoms with van der Waals surface area (Å²) in [5.41, 5.74) is 3.33. The summed E-state index contributed by atoms with van der Waals surface area (Å²) in [6.07, 6.45) is 17.5. The summed E-state index contributed by atoms with van der Waals surface area (Å²) in [5.74, 6) is 3.29. The fourth-order valence-corrected chi connectivity index (χ4v) is 8.38. The molecule has 0 amide bonds. The smallest absolute Gasteiger partial charge is 0.165 e. The molecule has 208 valence electrons. The number of imidazole rings is 1. The minimum absolute atomic E-state index is 0.182. The van der Waals surface area contributed by atoms with E-state index in [1.165, 1.54) is 5.57 Å². The molecule has 3 fully saturated rings. The van der Waals surface area contributed by atoms with Crippen molar-refractivity contribution in [3.05, 3.63) is 59.7 Å². The molecule has 0 radical (unpaired) electrons. The van der Waals surface area contributed by atoms with Gasteiger partial charge in [0.05, 0.1) is 26.1 Å². The van der Waals surface area contributed by atoms with E-state index in [1.807, 2.05) is 35.3 Å². The highest BCUT2D eigenvalue weighted by molar-refractivity contribution is 6.06. The van der Waals surface area contributed by atoms with Crippen molar-refractivity contribution < 1.29 is 19.4 Å². The molecule has 4 aliphatic rings. The van der Waals surface area contributed by atoms with Gasteiger partial charge in [-0.25, -0.2) is 4.98 Å². The van der Waals surface area contributed by atoms with E-state index in [-0.39, 0.29) is 16.9 Å². The number of ether oxygens (including phenoxy) is 2. The third-order valence-electron chi connectivity index (χ3n) is 10.6. The van der Waals surface area contributed by atoms with Gasteiger partial charge in [-0.15, -0.1) is 0 Å². The number of benzene rings is 1. The molecule has 1 aromatic carbocycles. The molecule has 2 aromatic rings. The van der Waals surface area contributed by atoms with E-state index in [9.17, 15) is 9.90 Å². The minimum atomic E-state index is -0.273. The van der Waals surface area contributed by atoms with Gasteiger partial charge in [0, 0.05) is 24.4 Å². The van der Waals surface area contributed by atoms with Gasteiger partial charge in [-0.05, 0) is 104 Å². The Labute approximate surface area is 232 Å². The molecule has 4 aliphatic carbocycles. The molecule has 39 heavy (non-hydrogen) atoms. The van der Waals surface area contributed by atoms with Gasteiger partial charge in [0.15, 0.2) is 17.3 Å². The van der Waals surface area contributed by atoms with Crippen molar-refractivity contribution in [2.75, 3.05) is 13.7 Å². The normalized spacial score (nSPS) is 34.7. The summed E-state index contributed by atoms with van der Waals surface area (Å²) in [7, 11) is 1.66. The summed E-state index contributed by atoms with van der Waals surface area (Å²) < 4.78 is 13.7. The molecule has 0 spiro atoms. The summed E-state index contributed by atoms with van der Waals surface area (Å²) in [6.45, 7) is 6.11. The van der Waals surface area contributed by atoms with Crippen molar-refractivity contribution in [1.29, 1.82) is 0 Å². The van der Waals surface area contributed by atoms with Gasteiger partial charge in [-0.1, -0.05) is 31.6 Å². The number of nitrogens with zero attached hydrogens (tertiary/aromatic N) is 2. The lowest BCUT2D eigenvalue weighted by Crippen LogP contribution is -2.50. The van der Waals surface area contributed by atoms with E-state index < -0.39 is 0 Å². The highest BCUT2D eigenvalue weighted by Gasteiger charge is 2.59. The van der Waals surface area contributed by atoms with Crippen molar-refractivity contribution >= 4 is 11.9 Å². The number of aromatic nitrogens is 2. The number of aliphatic hydroxyl groups excluding tert-OH is 1. The zero-order valence-electron chi connectivity index (χ0n) is 23.6. The van der Waals surface area contributed by atoms with Crippen LogP contribution in [0.1, 0.15) is 70.8 Å². The van der Waals surface area contributed by atoms with E-state index in [1.54, 1.807) is 13.3 Å². The predicted octanol–water partition coefficient (Wildman–Crippen LogP) is 6.25. The lowest BCUT2D eigenvalue weighted by Gasteiger charge is -2.56. The first-order valence-corrected chi connectivity index (χ1v) is 14.7. The maximum atomic E-state index is 13.9. The van der Waals surface area contributed by atoms with E-state index >= 15 is 0 Å². The van der Waals surface area contributed by atoms with Crippen molar-refractivity contribution in [1.82, 2.24) is 9.55 Å². The summed E-state index contributed by atoms with van der Waals surface area (Å²) in [6, 6.07) is 5.98. The van der Waals surface area contributed by atoms with E-state index in [0.717, 1.165) is 74.8 Å². The molecular weight excluding hydrogens is 488 g/mol. The Bertz CT molecular complexity index is 1280. The van der Waals surface area contributed by atoms with Crippen LogP contribution in [0.2, 0.25) is 0 Å². The number of methoxy groups -OCH3 is 1. The molecule has 6 heteroatoms. The van der Waals surface area contributed by atoms with Gasteiger partial charge in [-0.3, -0.25) is 4.79 Å². The van der Waals surface area contributed by atoms with Crippen LogP contribution in [0.25, 0.3) is 6.08 Å². The molecule has 6 rings (SSSR count). The van der Waals surface area contributed by atoms with Crippen molar-refractivity contribution in [3.63, 3.8) is 0 Å². The Kier molecular flexibility index (Phi) is 6.95. The van der Waals surface area contributed by atoms with Crippen LogP contribution in [-0.4, -0.2) is 40.3 Å². The molecule has 0 saturated heterocycles. The third-order valence-corrected chi connectivity index (χ3v) is 10.6. The van der Waals surface area contributed by atoms with Crippen LogP contribution in [0.4, 0.5) is 0 Å². The van der Waals surface area contributed by atoms with Gasteiger partial charge in [0.25, 0.3) is 0 Å². The fourth-order valence-electron chi connectivity index (χ4n) is 8.38. The summed E-state index contributed by atoms with van der Waals surface area (Å²) in [5, 5.41) is 10.3. The second-order valence-corrected chi connectivity index (χ2v) is 12.7. The number of carbonyl (C=O) groups is 1. The first-order chi connectivity index (χ1) is 18.8. The minimum Gasteiger partial charge on any atom is -0.493 e. The molecule has 1 heterocycles. The zero-order chi connectivity index (χ0) is 27.2. The maximum Gasteiger partial charge on any atom is 0.165 e. The van der Waals surface area contributed by atoms with Gasteiger partial charge in [0.1, 0.15) is 0 Å². The molecule has 6 atom stereocenters. The number of hydrogen-bond donors (Lipinski definition) is 1. The van der Waals surface area contributed by atoms with Crippen LogP contribution in [0.3, 0.4) is 0 Å². The Morgan fingerprint density at radius 3 is 2.77 bits per heavy atom. The molecule has 0 aliphatic heterocycles. The summed E-state index contributed by atoms with van der Waals surface area (Å²) >= 11 is 0. The number of hydrogen-bond acceptors (Lipinski definition) is 5. The van der Waals surface area contributed by atoms with Crippen molar-refractivity contribution in [3.8, 4) is 11.5 Å².